The molecule has 22 heavy (non-hydrogen) atoms. The highest BCUT2D eigenvalue weighted by Gasteiger charge is 2.26. The van der Waals surface area contributed by atoms with Crippen molar-refractivity contribution in [2.24, 2.45) is 5.92 Å². The fraction of sp³-hybridized carbons (Fsp3) is 0.600. The molecule has 7 heteroatoms. The second-order valence-electron chi connectivity index (χ2n) is 5.94. The molecule has 122 valence electrons. The van der Waals surface area contributed by atoms with Gasteiger partial charge in [0.25, 0.3) is 5.91 Å². The third kappa shape index (κ3) is 4.27. The van der Waals surface area contributed by atoms with Crippen LogP contribution in [0.4, 0.5) is 0 Å². The lowest BCUT2D eigenvalue weighted by atomic mass is 9.98. The number of piperidine rings is 1. The lowest BCUT2D eigenvalue weighted by Gasteiger charge is -2.33. The van der Waals surface area contributed by atoms with Gasteiger partial charge in [0.1, 0.15) is 0 Å². The summed E-state index contributed by atoms with van der Waals surface area (Å²) < 4.78 is 26.3. The molecule has 0 bridgehead atoms. The molecule has 0 radical (unpaired) electrons. The molecule has 0 spiro atoms. The zero-order valence-electron chi connectivity index (χ0n) is 13.0. The van der Waals surface area contributed by atoms with Gasteiger partial charge < -0.3 is 4.90 Å². The summed E-state index contributed by atoms with van der Waals surface area (Å²) in [6.45, 7) is 4.98. The highest BCUT2D eigenvalue weighted by atomic mass is 32.2. The summed E-state index contributed by atoms with van der Waals surface area (Å²) >= 11 is 0. The van der Waals surface area contributed by atoms with Gasteiger partial charge in [0.05, 0.1) is 10.8 Å². The molecule has 0 aromatic carbocycles. The average molecular weight is 325 g/mol. The van der Waals surface area contributed by atoms with Crippen LogP contribution in [0, 0.1) is 5.92 Å². The van der Waals surface area contributed by atoms with Crippen molar-refractivity contribution in [1.82, 2.24) is 14.6 Å². The summed E-state index contributed by atoms with van der Waals surface area (Å²) in [6, 6.07) is 3.49. The Labute approximate surface area is 132 Å². The van der Waals surface area contributed by atoms with Crippen molar-refractivity contribution in [1.29, 1.82) is 0 Å². The van der Waals surface area contributed by atoms with E-state index in [1.807, 2.05) is 0 Å². The van der Waals surface area contributed by atoms with Gasteiger partial charge in [0.15, 0.2) is 0 Å². The molecule has 1 aromatic rings. The van der Waals surface area contributed by atoms with Crippen LogP contribution in [0.5, 0.6) is 0 Å². The van der Waals surface area contributed by atoms with E-state index in [9.17, 15) is 13.2 Å². The minimum absolute atomic E-state index is 0.0375. The molecule has 0 saturated carbocycles. The van der Waals surface area contributed by atoms with Gasteiger partial charge in [-0.1, -0.05) is 0 Å². The van der Waals surface area contributed by atoms with Crippen molar-refractivity contribution < 1.29 is 13.2 Å². The van der Waals surface area contributed by atoms with Gasteiger partial charge in [-0.25, -0.2) is 13.1 Å². The van der Waals surface area contributed by atoms with Crippen LogP contribution < -0.4 is 4.72 Å². The summed E-state index contributed by atoms with van der Waals surface area (Å²) in [6.07, 6.45) is 5.02. The minimum atomic E-state index is -3.25. The molecule has 2 rings (SSSR count). The molecule has 2 heterocycles. The van der Waals surface area contributed by atoms with Crippen molar-refractivity contribution in [3.8, 4) is 0 Å². The highest BCUT2D eigenvalue weighted by molar-refractivity contribution is 7.90. The summed E-state index contributed by atoms with van der Waals surface area (Å²) in [5, 5.41) is -0.441. The quantitative estimate of drug-likeness (QED) is 0.884. The molecule has 1 fully saturated rings. The zero-order valence-corrected chi connectivity index (χ0v) is 13.8. The van der Waals surface area contributed by atoms with E-state index < -0.39 is 15.3 Å². The van der Waals surface area contributed by atoms with Gasteiger partial charge in [0.2, 0.25) is 10.0 Å². The van der Waals surface area contributed by atoms with Crippen molar-refractivity contribution in [2.45, 2.75) is 31.9 Å². The Balaban J connectivity index is 1.93. The van der Waals surface area contributed by atoms with E-state index >= 15 is 0 Å². The molecule has 6 nitrogen and oxygen atoms in total. The van der Waals surface area contributed by atoms with Crippen LogP contribution in [-0.4, -0.2) is 49.1 Å². The van der Waals surface area contributed by atoms with E-state index in [-0.39, 0.29) is 11.8 Å². The Bertz CT molecular complexity index is 602. The van der Waals surface area contributed by atoms with E-state index in [1.165, 1.54) is 0 Å². The summed E-state index contributed by atoms with van der Waals surface area (Å²) in [5.74, 6) is 0.118. The van der Waals surface area contributed by atoms with Gasteiger partial charge in [-0.2, -0.15) is 0 Å². The predicted octanol–water partition coefficient (Wildman–Crippen LogP) is 1.26. The monoisotopic (exact) mass is 325 g/mol. The third-order valence-electron chi connectivity index (χ3n) is 3.91. The Hall–Kier alpha value is -1.47. The number of sulfonamides is 1. The molecule has 1 aromatic heterocycles. The molecule has 0 aliphatic carbocycles. The number of aromatic nitrogens is 1. The van der Waals surface area contributed by atoms with Crippen LogP contribution in [0.2, 0.25) is 0 Å². The molecule has 1 unspecified atom stereocenters. The first-order valence-corrected chi connectivity index (χ1v) is 9.12. The van der Waals surface area contributed by atoms with Crippen molar-refractivity contribution in [3.05, 3.63) is 30.1 Å². The number of likely N-dealkylation sites (tertiary alicyclic amines) is 1. The van der Waals surface area contributed by atoms with Crippen LogP contribution in [-0.2, 0) is 10.0 Å². The largest absolute Gasteiger partial charge is 0.338 e. The van der Waals surface area contributed by atoms with Crippen LogP contribution in [0.1, 0.15) is 37.0 Å². The van der Waals surface area contributed by atoms with Crippen LogP contribution in [0.3, 0.4) is 0 Å². The van der Waals surface area contributed by atoms with Crippen molar-refractivity contribution in [3.63, 3.8) is 0 Å². The highest BCUT2D eigenvalue weighted by Crippen LogP contribution is 2.18. The SMILES string of the molecule is CC(C)S(=O)(=O)NCC1CCCN(C(=O)c2cccnc2)C1. The van der Waals surface area contributed by atoms with Gasteiger partial charge in [0, 0.05) is 32.0 Å². The Kier molecular flexibility index (Phi) is 5.52. The second-order valence-corrected chi connectivity index (χ2v) is 8.26. The lowest BCUT2D eigenvalue weighted by molar-refractivity contribution is 0.0676. The Morgan fingerprint density at radius 3 is 2.91 bits per heavy atom. The van der Waals surface area contributed by atoms with Gasteiger partial charge in [-0.15, -0.1) is 0 Å². The van der Waals surface area contributed by atoms with Gasteiger partial charge in [-0.3, -0.25) is 9.78 Å². The van der Waals surface area contributed by atoms with Crippen molar-refractivity contribution >= 4 is 15.9 Å². The number of hydrogen-bond acceptors (Lipinski definition) is 4. The van der Waals surface area contributed by atoms with E-state index in [0.29, 0.717) is 25.2 Å². The standard InChI is InChI=1S/C15H23N3O3S/c1-12(2)22(20,21)17-9-13-5-4-8-18(11-13)15(19)14-6-3-7-16-10-14/h3,6-7,10,12-13,17H,4-5,8-9,11H2,1-2H3. The predicted molar refractivity (Wildman–Crippen MR) is 84.9 cm³/mol. The van der Waals surface area contributed by atoms with Crippen LogP contribution in [0.25, 0.3) is 0 Å². The van der Waals surface area contributed by atoms with Crippen molar-refractivity contribution in [2.75, 3.05) is 19.6 Å². The van der Waals surface area contributed by atoms with E-state index in [4.69, 9.17) is 0 Å². The van der Waals surface area contributed by atoms with Crippen LogP contribution in [0.15, 0.2) is 24.5 Å². The molecule has 1 aliphatic heterocycles. The fourth-order valence-electron chi connectivity index (χ4n) is 2.49. The first kappa shape index (κ1) is 16.9. The maximum absolute atomic E-state index is 12.4. The normalized spacial score (nSPS) is 19.4. The first-order valence-electron chi connectivity index (χ1n) is 7.58. The van der Waals surface area contributed by atoms with Gasteiger partial charge in [-0.05, 0) is 44.7 Å². The summed E-state index contributed by atoms with van der Waals surface area (Å²) in [7, 11) is -3.25. The Morgan fingerprint density at radius 1 is 1.50 bits per heavy atom. The number of carbonyl (C=O) groups is 1. The first-order chi connectivity index (χ1) is 10.4. The number of hydrogen-bond donors (Lipinski definition) is 1. The van der Waals surface area contributed by atoms with E-state index in [1.54, 1.807) is 43.3 Å². The summed E-state index contributed by atoms with van der Waals surface area (Å²) in [5.41, 5.74) is 0.575. The molecular formula is C15H23N3O3S. The number of carbonyl (C=O) groups excluding carboxylic acids is 1. The Morgan fingerprint density at radius 2 is 2.27 bits per heavy atom. The molecule has 1 amide bonds. The number of rotatable bonds is 5. The summed E-state index contributed by atoms with van der Waals surface area (Å²) in [4.78, 5) is 18.2. The van der Waals surface area contributed by atoms with E-state index in [2.05, 4.69) is 9.71 Å². The zero-order chi connectivity index (χ0) is 16.2. The fourth-order valence-corrected chi connectivity index (χ4v) is 3.29. The molecule has 1 atom stereocenters. The minimum Gasteiger partial charge on any atom is -0.338 e. The molecule has 1 saturated heterocycles. The molecular weight excluding hydrogens is 302 g/mol. The lowest BCUT2D eigenvalue weighted by Crippen LogP contribution is -2.44. The molecule has 1 N–H and O–H groups in total. The molecule has 1 aliphatic rings. The maximum Gasteiger partial charge on any atom is 0.255 e. The smallest absolute Gasteiger partial charge is 0.255 e. The van der Waals surface area contributed by atoms with E-state index in [0.717, 1.165) is 12.8 Å². The number of nitrogens with one attached hydrogen (secondary N) is 1. The second kappa shape index (κ2) is 7.19. The van der Waals surface area contributed by atoms with Crippen LogP contribution >= 0.6 is 0 Å². The number of pyridine rings is 1. The third-order valence-corrected chi connectivity index (χ3v) is 5.72. The van der Waals surface area contributed by atoms with Gasteiger partial charge >= 0.3 is 0 Å². The maximum atomic E-state index is 12.4. The number of nitrogens with zero attached hydrogens (tertiary/aromatic N) is 2. The topological polar surface area (TPSA) is 79.4 Å². The average Bonchev–Trinajstić information content (AvgIpc) is 2.53. The number of amides is 1.